The van der Waals surface area contributed by atoms with Crippen molar-refractivity contribution < 1.29 is 14.7 Å². The van der Waals surface area contributed by atoms with Crippen molar-refractivity contribution in [1.82, 2.24) is 20.4 Å². The van der Waals surface area contributed by atoms with Crippen molar-refractivity contribution in [3.05, 3.63) is 72.6 Å². The number of rotatable bonds is 12. The van der Waals surface area contributed by atoms with Crippen molar-refractivity contribution in [2.24, 2.45) is 0 Å². The molecule has 176 valence electrons. The Balaban J connectivity index is 1.30. The number of benzene rings is 2. The van der Waals surface area contributed by atoms with Crippen LogP contribution in [0, 0.1) is 0 Å². The molecule has 2 heterocycles. The quantitative estimate of drug-likeness (QED) is 0.134. The minimum absolute atomic E-state index is 0.335. The number of amides is 1. The van der Waals surface area contributed by atoms with Crippen LogP contribution in [0.15, 0.2) is 67.0 Å². The molecule has 1 amide bonds. The first-order valence-electron chi connectivity index (χ1n) is 11.5. The van der Waals surface area contributed by atoms with Crippen LogP contribution in [0.1, 0.15) is 37.7 Å². The Bertz CT molecular complexity index is 1190. The Morgan fingerprint density at radius 2 is 1.76 bits per heavy atom. The van der Waals surface area contributed by atoms with Gasteiger partial charge in [-0.05, 0) is 54.3 Å². The highest BCUT2D eigenvalue weighted by Gasteiger charge is 2.10. The molecular weight excluding hydrogens is 430 g/mol. The zero-order chi connectivity index (χ0) is 23.6. The van der Waals surface area contributed by atoms with Crippen molar-refractivity contribution in [3.63, 3.8) is 0 Å². The van der Waals surface area contributed by atoms with Gasteiger partial charge in [-0.2, -0.15) is 0 Å². The molecule has 2 aromatic heterocycles. The summed E-state index contributed by atoms with van der Waals surface area (Å²) < 4.78 is 5.84. The number of ether oxygens (including phenoxy) is 1. The lowest BCUT2D eigenvalue weighted by molar-refractivity contribution is -0.129. The molecule has 0 fully saturated rings. The summed E-state index contributed by atoms with van der Waals surface area (Å²) in [6, 6.07) is 20.3. The first-order valence-corrected chi connectivity index (χ1v) is 11.5. The molecule has 0 aliphatic rings. The number of fused-ring (bicyclic) bond motifs is 1. The molecule has 4 aromatic rings. The molecule has 8 heteroatoms. The van der Waals surface area contributed by atoms with Gasteiger partial charge in [-0.15, -0.1) is 0 Å². The molecule has 2 aromatic carbocycles. The molecule has 4 rings (SSSR count). The fraction of sp³-hybridized carbons (Fsp3) is 0.269. The number of hydrogen-bond donors (Lipinski definition) is 4. The Kier molecular flexibility index (Phi) is 8.08. The standard InChI is InChI=1S/C26H29N5O3/c32-24(31-33)10-6-1-2-7-15-34-21-13-11-20(12-14-21)23-16-22-25(28-18-29-26(22)30-23)27-17-19-8-4-3-5-9-19/h3-5,8-9,11-14,16,18,33H,1-2,6-7,10,15,17H2,(H,31,32)(H2,27,28,29,30). The maximum atomic E-state index is 11.0. The number of hydrogen-bond acceptors (Lipinski definition) is 6. The van der Waals surface area contributed by atoms with E-state index in [-0.39, 0.29) is 5.91 Å². The van der Waals surface area contributed by atoms with E-state index in [0.717, 1.165) is 59.5 Å². The Labute approximate surface area is 198 Å². The summed E-state index contributed by atoms with van der Waals surface area (Å²) >= 11 is 0. The largest absolute Gasteiger partial charge is 0.494 e. The average Bonchev–Trinajstić information content (AvgIpc) is 3.33. The van der Waals surface area contributed by atoms with Crippen molar-refractivity contribution >= 4 is 22.8 Å². The molecule has 0 spiro atoms. The molecule has 0 aliphatic carbocycles. The third-order valence-electron chi connectivity index (χ3n) is 5.59. The predicted molar refractivity (Wildman–Crippen MR) is 132 cm³/mol. The SMILES string of the molecule is O=C(CCCCCCOc1ccc(-c2cc3c(NCc4ccccc4)ncnc3[nH]2)cc1)NO. The summed E-state index contributed by atoms with van der Waals surface area (Å²) in [5.74, 6) is 1.29. The van der Waals surface area contributed by atoms with Crippen LogP contribution in [-0.2, 0) is 11.3 Å². The number of nitrogens with zero attached hydrogens (tertiary/aromatic N) is 2. The second-order valence-electron chi connectivity index (χ2n) is 8.08. The van der Waals surface area contributed by atoms with Crippen LogP contribution in [-0.4, -0.2) is 32.7 Å². The summed E-state index contributed by atoms with van der Waals surface area (Å²) in [7, 11) is 0. The molecule has 0 saturated heterocycles. The Morgan fingerprint density at radius 1 is 0.971 bits per heavy atom. The molecular formula is C26H29N5O3. The van der Waals surface area contributed by atoms with Gasteiger partial charge in [0.1, 0.15) is 23.5 Å². The van der Waals surface area contributed by atoms with Gasteiger partial charge < -0.3 is 15.0 Å². The zero-order valence-corrected chi connectivity index (χ0v) is 19.0. The summed E-state index contributed by atoms with van der Waals surface area (Å²) in [6.07, 6.45) is 5.51. The van der Waals surface area contributed by atoms with Crippen LogP contribution in [0.5, 0.6) is 5.75 Å². The minimum Gasteiger partial charge on any atom is -0.494 e. The fourth-order valence-corrected chi connectivity index (χ4v) is 3.74. The maximum Gasteiger partial charge on any atom is 0.243 e. The molecule has 34 heavy (non-hydrogen) atoms. The molecule has 0 unspecified atom stereocenters. The highest BCUT2D eigenvalue weighted by molar-refractivity contribution is 5.91. The molecule has 0 radical (unpaired) electrons. The van der Waals surface area contributed by atoms with Gasteiger partial charge in [-0.25, -0.2) is 15.4 Å². The third kappa shape index (κ3) is 6.32. The number of aromatic nitrogens is 3. The number of aromatic amines is 1. The lowest BCUT2D eigenvalue weighted by atomic mass is 10.1. The number of hydroxylamine groups is 1. The van der Waals surface area contributed by atoms with E-state index < -0.39 is 0 Å². The van der Waals surface area contributed by atoms with Crippen LogP contribution < -0.4 is 15.5 Å². The van der Waals surface area contributed by atoms with E-state index in [4.69, 9.17) is 9.94 Å². The predicted octanol–water partition coefficient (Wildman–Crippen LogP) is 5.07. The van der Waals surface area contributed by atoms with Crippen molar-refractivity contribution in [2.45, 2.75) is 38.6 Å². The van der Waals surface area contributed by atoms with Crippen molar-refractivity contribution in [1.29, 1.82) is 0 Å². The monoisotopic (exact) mass is 459 g/mol. The average molecular weight is 460 g/mol. The number of carbonyl (C=O) groups excluding carboxylic acids is 1. The first-order chi connectivity index (χ1) is 16.7. The smallest absolute Gasteiger partial charge is 0.243 e. The van der Waals surface area contributed by atoms with Crippen molar-refractivity contribution in [3.8, 4) is 17.0 Å². The van der Waals surface area contributed by atoms with E-state index in [1.807, 2.05) is 42.5 Å². The van der Waals surface area contributed by atoms with Crippen LogP contribution in [0.3, 0.4) is 0 Å². The highest BCUT2D eigenvalue weighted by atomic mass is 16.5. The van der Waals surface area contributed by atoms with Crippen LogP contribution in [0.25, 0.3) is 22.3 Å². The molecule has 0 atom stereocenters. The number of H-pyrrole nitrogens is 1. The van der Waals surface area contributed by atoms with E-state index in [1.165, 1.54) is 5.56 Å². The number of nitrogens with one attached hydrogen (secondary N) is 3. The lowest BCUT2D eigenvalue weighted by Crippen LogP contribution is -2.17. The number of anilines is 1. The van der Waals surface area contributed by atoms with Gasteiger partial charge in [0.05, 0.1) is 12.0 Å². The van der Waals surface area contributed by atoms with E-state index in [1.54, 1.807) is 11.8 Å². The molecule has 8 nitrogen and oxygen atoms in total. The van der Waals surface area contributed by atoms with E-state index >= 15 is 0 Å². The normalized spacial score (nSPS) is 10.9. The molecule has 0 aliphatic heterocycles. The molecule has 4 N–H and O–H groups in total. The first kappa shape index (κ1) is 23.3. The van der Waals surface area contributed by atoms with Gasteiger partial charge >= 0.3 is 0 Å². The molecule has 0 bridgehead atoms. The van der Waals surface area contributed by atoms with Crippen LogP contribution in [0.4, 0.5) is 5.82 Å². The van der Waals surface area contributed by atoms with Gasteiger partial charge in [0.25, 0.3) is 0 Å². The van der Waals surface area contributed by atoms with Gasteiger partial charge in [-0.1, -0.05) is 43.2 Å². The van der Waals surface area contributed by atoms with Crippen LogP contribution >= 0.6 is 0 Å². The summed E-state index contributed by atoms with van der Waals surface area (Å²) in [4.78, 5) is 23.1. The van der Waals surface area contributed by atoms with Gasteiger partial charge in [0, 0.05) is 18.7 Å². The maximum absolute atomic E-state index is 11.0. The van der Waals surface area contributed by atoms with Crippen molar-refractivity contribution in [2.75, 3.05) is 11.9 Å². The second kappa shape index (κ2) is 11.8. The summed E-state index contributed by atoms with van der Waals surface area (Å²) in [5.41, 5.74) is 5.64. The van der Waals surface area contributed by atoms with E-state index in [0.29, 0.717) is 19.6 Å². The fourth-order valence-electron chi connectivity index (χ4n) is 3.74. The van der Waals surface area contributed by atoms with Gasteiger partial charge in [0.15, 0.2) is 0 Å². The Morgan fingerprint density at radius 3 is 2.56 bits per heavy atom. The van der Waals surface area contributed by atoms with E-state index in [9.17, 15) is 4.79 Å². The van der Waals surface area contributed by atoms with E-state index in [2.05, 4.69) is 38.5 Å². The van der Waals surface area contributed by atoms with Crippen LogP contribution in [0.2, 0.25) is 0 Å². The highest BCUT2D eigenvalue weighted by Crippen LogP contribution is 2.28. The topological polar surface area (TPSA) is 112 Å². The number of unbranched alkanes of at least 4 members (excludes halogenated alkanes) is 3. The number of carbonyl (C=O) groups is 1. The molecule has 0 saturated carbocycles. The summed E-state index contributed by atoms with van der Waals surface area (Å²) in [5, 5.41) is 12.8. The lowest BCUT2D eigenvalue weighted by Gasteiger charge is -2.07. The Hall–Kier alpha value is -3.91. The minimum atomic E-state index is -0.335. The zero-order valence-electron chi connectivity index (χ0n) is 19.0. The third-order valence-corrected chi connectivity index (χ3v) is 5.59. The summed E-state index contributed by atoms with van der Waals surface area (Å²) in [6.45, 7) is 1.32. The second-order valence-corrected chi connectivity index (χ2v) is 8.08. The van der Waals surface area contributed by atoms with Gasteiger partial charge in [0.2, 0.25) is 5.91 Å². The van der Waals surface area contributed by atoms with Gasteiger partial charge in [-0.3, -0.25) is 10.0 Å².